The molecule has 0 aromatic heterocycles. The van der Waals surface area contributed by atoms with Gasteiger partial charge in [-0.2, -0.15) is 10.5 Å². The first-order valence-electron chi connectivity index (χ1n) is 13.8. The zero-order valence-corrected chi connectivity index (χ0v) is 21.6. The summed E-state index contributed by atoms with van der Waals surface area (Å²) >= 11 is 0. The summed E-state index contributed by atoms with van der Waals surface area (Å²) in [6, 6.07) is 14.1. The Bertz CT molecular complexity index is 1110. The number of nitriles is 2. The molecule has 2 aromatic rings. The predicted molar refractivity (Wildman–Crippen MR) is 140 cm³/mol. The summed E-state index contributed by atoms with van der Waals surface area (Å²) in [5.41, 5.74) is 4.56. The van der Waals surface area contributed by atoms with Gasteiger partial charge in [-0.1, -0.05) is 70.2 Å². The van der Waals surface area contributed by atoms with Crippen molar-refractivity contribution in [2.24, 2.45) is 5.41 Å². The number of aryl methyl sites for hydroxylation is 1. The highest BCUT2D eigenvalue weighted by Crippen LogP contribution is 2.60. The maximum atomic E-state index is 14.9. The van der Waals surface area contributed by atoms with E-state index in [0.717, 1.165) is 56.1 Å². The van der Waals surface area contributed by atoms with Crippen molar-refractivity contribution < 1.29 is 4.39 Å². The van der Waals surface area contributed by atoms with Crippen molar-refractivity contribution in [2.75, 3.05) is 0 Å². The second-order valence-electron chi connectivity index (χ2n) is 11.1. The first-order chi connectivity index (χ1) is 17.0. The van der Waals surface area contributed by atoms with Gasteiger partial charge in [0, 0.05) is 5.56 Å². The monoisotopic (exact) mass is 470 g/mol. The molecule has 2 nitrogen and oxygen atoms in total. The van der Waals surface area contributed by atoms with E-state index in [0.29, 0.717) is 27.7 Å². The number of rotatable bonds is 10. The van der Waals surface area contributed by atoms with E-state index in [-0.39, 0.29) is 11.2 Å². The van der Waals surface area contributed by atoms with Crippen molar-refractivity contribution in [3.05, 3.63) is 58.4 Å². The van der Waals surface area contributed by atoms with E-state index in [1.54, 1.807) is 6.07 Å². The highest BCUT2D eigenvalue weighted by Gasteiger charge is 2.49. The molecule has 0 N–H and O–H groups in total. The number of hydrogen-bond acceptors (Lipinski definition) is 2. The quantitative estimate of drug-likeness (QED) is 0.325. The Morgan fingerprint density at radius 2 is 1.46 bits per heavy atom. The molecule has 0 heterocycles. The van der Waals surface area contributed by atoms with Crippen molar-refractivity contribution in [1.82, 2.24) is 0 Å². The lowest BCUT2D eigenvalue weighted by atomic mass is 9.50. The topological polar surface area (TPSA) is 47.6 Å². The van der Waals surface area contributed by atoms with Gasteiger partial charge in [-0.25, -0.2) is 4.39 Å². The highest BCUT2D eigenvalue weighted by molar-refractivity contribution is 5.75. The maximum absolute atomic E-state index is 14.9. The zero-order valence-electron chi connectivity index (χ0n) is 21.6. The van der Waals surface area contributed by atoms with E-state index in [9.17, 15) is 14.9 Å². The number of halogens is 1. The molecule has 2 aromatic carbocycles. The number of hydrogen-bond donors (Lipinski definition) is 0. The molecule has 3 saturated carbocycles. The van der Waals surface area contributed by atoms with E-state index in [1.165, 1.54) is 44.9 Å². The second-order valence-corrected chi connectivity index (χ2v) is 11.1. The molecule has 3 aliphatic carbocycles. The highest BCUT2D eigenvalue weighted by atomic mass is 19.1. The Hall–Kier alpha value is -2.65. The van der Waals surface area contributed by atoms with Gasteiger partial charge in [-0.15, -0.1) is 0 Å². The minimum Gasteiger partial charge on any atom is -0.207 e. The summed E-state index contributed by atoms with van der Waals surface area (Å²) in [6.45, 7) is 4.41. The first kappa shape index (κ1) is 25.4. The van der Waals surface area contributed by atoms with Crippen LogP contribution in [0.2, 0.25) is 0 Å². The third-order valence-electron chi connectivity index (χ3n) is 9.13. The van der Waals surface area contributed by atoms with Crippen LogP contribution in [0.15, 0.2) is 30.3 Å². The Morgan fingerprint density at radius 3 is 2.06 bits per heavy atom. The molecule has 2 bridgehead atoms. The van der Waals surface area contributed by atoms with Gasteiger partial charge in [-0.05, 0) is 91.4 Å². The largest absolute Gasteiger partial charge is 0.207 e. The van der Waals surface area contributed by atoms with Gasteiger partial charge in [0.25, 0.3) is 0 Å². The summed E-state index contributed by atoms with van der Waals surface area (Å²) in [5.74, 6) is -0.220. The molecule has 0 amide bonds. The van der Waals surface area contributed by atoms with Crippen molar-refractivity contribution in [2.45, 2.75) is 109 Å². The van der Waals surface area contributed by atoms with Crippen molar-refractivity contribution in [3.63, 3.8) is 0 Å². The molecule has 3 aliphatic rings. The van der Waals surface area contributed by atoms with E-state index in [2.05, 4.69) is 32.1 Å². The van der Waals surface area contributed by atoms with Crippen LogP contribution in [-0.2, 0) is 11.8 Å². The third-order valence-corrected chi connectivity index (χ3v) is 9.13. The van der Waals surface area contributed by atoms with Crippen molar-refractivity contribution in [3.8, 4) is 23.3 Å². The summed E-state index contributed by atoms with van der Waals surface area (Å²) in [4.78, 5) is 0. The van der Waals surface area contributed by atoms with Crippen molar-refractivity contribution in [1.29, 1.82) is 10.5 Å². The van der Waals surface area contributed by atoms with Gasteiger partial charge in [-0.3, -0.25) is 0 Å². The summed E-state index contributed by atoms with van der Waals surface area (Å²) in [5, 5.41) is 20.3. The lowest BCUT2D eigenvalue weighted by Crippen LogP contribution is -2.44. The molecule has 0 spiro atoms. The van der Waals surface area contributed by atoms with Gasteiger partial charge in [0.1, 0.15) is 18.0 Å². The Kier molecular flexibility index (Phi) is 7.96. The maximum Gasteiger partial charge on any atom is 0.127 e. The molecule has 0 aliphatic heterocycles. The fourth-order valence-corrected chi connectivity index (χ4v) is 6.79. The fourth-order valence-electron chi connectivity index (χ4n) is 6.79. The fraction of sp³-hybridized carbons (Fsp3) is 0.562. The summed E-state index contributed by atoms with van der Waals surface area (Å²) in [6.07, 6.45) is 16.2. The molecule has 3 heteroatoms. The summed E-state index contributed by atoms with van der Waals surface area (Å²) in [7, 11) is 0. The smallest absolute Gasteiger partial charge is 0.127 e. The molecule has 0 unspecified atom stereocenters. The van der Waals surface area contributed by atoms with Crippen LogP contribution in [0.3, 0.4) is 0 Å². The number of nitrogens with zero attached hydrogens (tertiary/aromatic N) is 2. The SMILES string of the molecule is CCCCCc1ccc(-c2ccc(C34CCC(CCCCC)(CC3)CC4)c(C#N)c2C#N)cc1F. The Labute approximate surface area is 211 Å². The number of benzene rings is 2. The van der Waals surface area contributed by atoms with Crippen LogP contribution in [-0.4, -0.2) is 0 Å². The molecular weight excluding hydrogens is 431 g/mol. The molecule has 5 rings (SSSR count). The van der Waals surface area contributed by atoms with Crippen LogP contribution in [0.4, 0.5) is 4.39 Å². The van der Waals surface area contributed by atoms with Gasteiger partial charge >= 0.3 is 0 Å². The molecule has 35 heavy (non-hydrogen) atoms. The summed E-state index contributed by atoms with van der Waals surface area (Å²) < 4.78 is 14.9. The molecule has 0 radical (unpaired) electrons. The third kappa shape index (κ3) is 5.02. The van der Waals surface area contributed by atoms with Crippen LogP contribution in [0.5, 0.6) is 0 Å². The minimum absolute atomic E-state index is 0.0100. The van der Waals surface area contributed by atoms with Crippen LogP contribution in [0.1, 0.15) is 120 Å². The normalized spacial score (nSPS) is 23.1. The standard InChI is InChI=1S/C32H39FN2/c1-3-5-7-9-24-10-11-25(21-30(24)33)26-12-13-29(28(23-35)27(26)22-34)32-18-15-31(16-19-32,17-20-32)14-8-6-4-2/h10-13,21H,3-9,14-20H2,1-2H3. The zero-order chi connectivity index (χ0) is 24.9. The first-order valence-corrected chi connectivity index (χ1v) is 13.8. The average Bonchev–Trinajstić information content (AvgIpc) is 2.90. The number of fused-ring (bicyclic) bond motifs is 3. The van der Waals surface area contributed by atoms with Gasteiger partial charge in [0.15, 0.2) is 0 Å². The van der Waals surface area contributed by atoms with Crippen LogP contribution >= 0.6 is 0 Å². The average molecular weight is 471 g/mol. The van der Waals surface area contributed by atoms with Gasteiger partial charge in [0.2, 0.25) is 0 Å². The molecule has 0 atom stereocenters. The molecule has 184 valence electrons. The van der Waals surface area contributed by atoms with E-state index in [1.807, 2.05) is 18.2 Å². The van der Waals surface area contributed by atoms with E-state index < -0.39 is 0 Å². The molecule has 0 saturated heterocycles. The van der Waals surface area contributed by atoms with E-state index in [4.69, 9.17) is 0 Å². The van der Waals surface area contributed by atoms with Crippen LogP contribution in [0.25, 0.3) is 11.1 Å². The predicted octanol–water partition coefficient (Wildman–Crippen LogP) is 9.14. The lowest BCUT2D eigenvalue weighted by Gasteiger charge is -2.54. The lowest BCUT2D eigenvalue weighted by molar-refractivity contribution is 0.0304. The van der Waals surface area contributed by atoms with Crippen LogP contribution < -0.4 is 0 Å². The second kappa shape index (κ2) is 11.0. The van der Waals surface area contributed by atoms with Crippen molar-refractivity contribution >= 4 is 0 Å². The van der Waals surface area contributed by atoms with Gasteiger partial charge in [0.05, 0.1) is 11.1 Å². The minimum atomic E-state index is -0.220. The van der Waals surface area contributed by atoms with Crippen LogP contribution in [0, 0.1) is 33.9 Å². The molecular formula is C32H39FN2. The van der Waals surface area contributed by atoms with E-state index >= 15 is 0 Å². The Morgan fingerprint density at radius 1 is 0.800 bits per heavy atom. The molecule has 3 fully saturated rings. The Balaban J connectivity index is 1.62. The van der Waals surface area contributed by atoms with Gasteiger partial charge < -0.3 is 0 Å². The number of unbranched alkanes of at least 4 members (excludes halogenated alkanes) is 4.